The van der Waals surface area contributed by atoms with Gasteiger partial charge in [0.05, 0.1) is 6.04 Å². The first-order valence-electron chi connectivity index (χ1n) is 9.05. The molecule has 0 radical (unpaired) electrons. The summed E-state index contributed by atoms with van der Waals surface area (Å²) < 4.78 is 6.32. The van der Waals surface area contributed by atoms with Crippen molar-refractivity contribution in [2.24, 2.45) is 5.73 Å². The summed E-state index contributed by atoms with van der Waals surface area (Å²) in [7, 11) is -2.10. The van der Waals surface area contributed by atoms with E-state index >= 15 is 0 Å². The molecule has 1 heterocycles. The normalized spacial score (nSPS) is 19.3. The molecule has 2 rings (SSSR count). The summed E-state index contributed by atoms with van der Waals surface area (Å²) in [4.78, 5) is 15.0. The second kappa shape index (κ2) is 7.80. The predicted molar refractivity (Wildman–Crippen MR) is 111 cm³/mol. The number of benzene rings is 1. The Hall–Kier alpha value is -0.593. The number of amides is 1. The molecule has 0 aromatic heterocycles. The van der Waals surface area contributed by atoms with Crippen molar-refractivity contribution in [2.45, 2.75) is 64.4 Å². The monoisotopic (exact) mass is 416 g/mol. The number of carbonyl (C=O) groups is 1. The summed E-state index contributed by atoms with van der Waals surface area (Å²) in [5.41, 5.74) is 8.00. The minimum atomic E-state index is -2.10. The first-order valence-corrected chi connectivity index (χ1v) is 12.7. The van der Waals surface area contributed by atoms with Crippen molar-refractivity contribution in [3.05, 3.63) is 33.3 Å². The molecule has 7 heteroatoms. The summed E-state index contributed by atoms with van der Waals surface area (Å²) in [5.74, 6) is -0.0542. The molecular weight excluding hydrogens is 387 g/mol. The highest BCUT2D eigenvalue weighted by Gasteiger charge is 2.42. The summed E-state index contributed by atoms with van der Waals surface area (Å²) in [6.45, 7) is 13.5. The van der Waals surface area contributed by atoms with Gasteiger partial charge in [-0.15, -0.1) is 0 Å². The third-order valence-electron chi connectivity index (χ3n) is 5.70. The smallest absolute Gasteiger partial charge is 0.252 e. The number of nitrogens with zero attached hydrogens (tertiary/aromatic N) is 1. The van der Waals surface area contributed by atoms with Gasteiger partial charge in [0.1, 0.15) is 6.10 Å². The van der Waals surface area contributed by atoms with Crippen molar-refractivity contribution in [1.29, 1.82) is 0 Å². The molecule has 1 aromatic carbocycles. The standard InChI is InChI=1S/C19H30Cl2N2O2Si/c1-12-17-13(9-14(20)10-15(17)21)7-8-23(12)18(24)16(11-22)25-26(5,6)19(2,3)4/h9-10,12,16H,7-8,11,22H2,1-6H3/t12-,16?/m0/s1. The fourth-order valence-electron chi connectivity index (χ4n) is 3.12. The Morgan fingerprint density at radius 2 is 2.00 bits per heavy atom. The molecule has 1 aromatic rings. The fraction of sp³-hybridized carbons (Fsp3) is 0.632. The highest BCUT2D eigenvalue weighted by atomic mass is 35.5. The molecule has 26 heavy (non-hydrogen) atoms. The molecule has 0 saturated heterocycles. The average Bonchev–Trinajstić information content (AvgIpc) is 2.50. The molecule has 146 valence electrons. The Kier molecular flexibility index (Phi) is 6.51. The van der Waals surface area contributed by atoms with Crippen LogP contribution in [0, 0.1) is 0 Å². The van der Waals surface area contributed by atoms with Crippen LogP contribution in [-0.2, 0) is 15.6 Å². The molecule has 2 atom stereocenters. The largest absolute Gasteiger partial charge is 0.404 e. The SMILES string of the molecule is C[C@H]1c2c(Cl)cc(Cl)cc2CCN1C(=O)C(CN)O[Si](C)(C)C(C)(C)C. The maximum absolute atomic E-state index is 13.2. The Balaban J connectivity index is 2.26. The highest BCUT2D eigenvalue weighted by Crippen LogP contribution is 2.39. The molecule has 1 aliphatic rings. The van der Waals surface area contributed by atoms with Crippen LogP contribution in [0.2, 0.25) is 28.2 Å². The lowest BCUT2D eigenvalue weighted by atomic mass is 9.93. The zero-order valence-corrected chi connectivity index (χ0v) is 19.0. The Morgan fingerprint density at radius 1 is 1.38 bits per heavy atom. The third kappa shape index (κ3) is 4.28. The minimum absolute atomic E-state index is 0.0148. The number of carbonyl (C=O) groups excluding carboxylic acids is 1. The van der Waals surface area contributed by atoms with Gasteiger partial charge in [-0.2, -0.15) is 0 Å². The minimum Gasteiger partial charge on any atom is -0.404 e. The van der Waals surface area contributed by atoms with E-state index in [1.807, 2.05) is 17.9 Å². The van der Waals surface area contributed by atoms with Crippen molar-refractivity contribution in [2.75, 3.05) is 13.1 Å². The zero-order chi connectivity index (χ0) is 19.9. The average molecular weight is 417 g/mol. The molecule has 1 amide bonds. The van der Waals surface area contributed by atoms with E-state index in [4.69, 9.17) is 33.4 Å². The fourth-order valence-corrected chi connectivity index (χ4v) is 5.08. The van der Waals surface area contributed by atoms with Gasteiger partial charge in [-0.05, 0) is 54.7 Å². The molecule has 1 unspecified atom stereocenters. The summed E-state index contributed by atoms with van der Waals surface area (Å²) in [6, 6.07) is 3.54. The Labute approximate surface area is 168 Å². The van der Waals surface area contributed by atoms with Crippen molar-refractivity contribution >= 4 is 37.4 Å². The van der Waals surface area contributed by atoms with Crippen molar-refractivity contribution in [3.8, 4) is 0 Å². The van der Waals surface area contributed by atoms with Crippen molar-refractivity contribution in [3.63, 3.8) is 0 Å². The third-order valence-corrected chi connectivity index (χ3v) is 10.7. The van der Waals surface area contributed by atoms with E-state index in [9.17, 15) is 4.79 Å². The molecular formula is C19H30Cl2N2O2Si. The van der Waals surface area contributed by atoms with Crippen LogP contribution in [0.15, 0.2) is 12.1 Å². The number of hydrogen-bond acceptors (Lipinski definition) is 3. The summed E-state index contributed by atoms with van der Waals surface area (Å²) >= 11 is 12.5. The number of halogens is 2. The van der Waals surface area contributed by atoms with Gasteiger partial charge in [-0.1, -0.05) is 44.0 Å². The van der Waals surface area contributed by atoms with E-state index in [0.29, 0.717) is 16.6 Å². The Bertz CT molecular complexity index is 689. The van der Waals surface area contributed by atoms with Gasteiger partial charge >= 0.3 is 0 Å². The molecule has 2 N–H and O–H groups in total. The van der Waals surface area contributed by atoms with Crippen LogP contribution in [-0.4, -0.2) is 38.3 Å². The second-order valence-electron chi connectivity index (χ2n) is 8.52. The van der Waals surface area contributed by atoms with Gasteiger partial charge in [0, 0.05) is 23.1 Å². The van der Waals surface area contributed by atoms with Crippen LogP contribution >= 0.6 is 23.2 Å². The van der Waals surface area contributed by atoms with E-state index in [2.05, 4.69) is 33.9 Å². The lowest BCUT2D eigenvalue weighted by Crippen LogP contribution is -2.53. The van der Waals surface area contributed by atoms with E-state index in [-0.39, 0.29) is 23.5 Å². The molecule has 0 saturated carbocycles. The van der Waals surface area contributed by atoms with Gasteiger partial charge in [-0.3, -0.25) is 4.79 Å². The van der Waals surface area contributed by atoms with E-state index in [0.717, 1.165) is 17.5 Å². The van der Waals surface area contributed by atoms with Crippen LogP contribution in [0.1, 0.15) is 44.9 Å². The number of nitrogens with two attached hydrogens (primary N) is 1. The van der Waals surface area contributed by atoms with Gasteiger partial charge in [0.25, 0.3) is 5.91 Å². The topological polar surface area (TPSA) is 55.6 Å². The molecule has 0 spiro atoms. The van der Waals surface area contributed by atoms with Crippen molar-refractivity contribution in [1.82, 2.24) is 4.90 Å². The van der Waals surface area contributed by atoms with Gasteiger partial charge < -0.3 is 15.1 Å². The summed E-state index contributed by atoms with van der Waals surface area (Å²) in [6.07, 6.45) is 0.106. The van der Waals surface area contributed by atoms with E-state index in [1.165, 1.54) is 0 Å². The first-order chi connectivity index (χ1) is 11.9. The van der Waals surface area contributed by atoms with Gasteiger partial charge in [0.15, 0.2) is 8.32 Å². The van der Waals surface area contributed by atoms with Crippen LogP contribution in [0.5, 0.6) is 0 Å². The molecule has 0 fully saturated rings. The molecule has 0 bridgehead atoms. The van der Waals surface area contributed by atoms with Crippen molar-refractivity contribution < 1.29 is 9.22 Å². The predicted octanol–water partition coefficient (Wildman–Crippen LogP) is 4.79. The number of hydrogen-bond donors (Lipinski definition) is 1. The summed E-state index contributed by atoms with van der Waals surface area (Å²) in [5, 5.41) is 1.25. The second-order valence-corrected chi connectivity index (χ2v) is 14.1. The van der Waals surface area contributed by atoms with Gasteiger partial charge in [0.2, 0.25) is 0 Å². The molecule has 4 nitrogen and oxygen atoms in total. The highest BCUT2D eigenvalue weighted by molar-refractivity contribution is 6.74. The van der Waals surface area contributed by atoms with Gasteiger partial charge in [-0.25, -0.2) is 0 Å². The number of fused-ring (bicyclic) bond motifs is 1. The maximum atomic E-state index is 13.2. The first kappa shape index (κ1) is 21.7. The van der Waals surface area contributed by atoms with E-state index in [1.54, 1.807) is 6.07 Å². The van der Waals surface area contributed by atoms with Crippen LogP contribution < -0.4 is 5.73 Å². The van der Waals surface area contributed by atoms with E-state index < -0.39 is 14.4 Å². The van der Waals surface area contributed by atoms with Crippen LogP contribution in [0.3, 0.4) is 0 Å². The quantitative estimate of drug-likeness (QED) is 0.717. The lowest BCUT2D eigenvalue weighted by Gasteiger charge is -2.42. The van der Waals surface area contributed by atoms with Crippen LogP contribution in [0.4, 0.5) is 0 Å². The molecule has 1 aliphatic heterocycles. The zero-order valence-electron chi connectivity index (χ0n) is 16.5. The maximum Gasteiger partial charge on any atom is 0.252 e. The Morgan fingerprint density at radius 3 is 2.54 bits per heavy atom. The molecule has 0 aliphatic carbocycles. The van der Waals surface area contributed by atoms with Crippen LogP contribution in [0.25, 0.3) is 0 Å². The lowest BCUT2D eigenvalue weighted by molar-refractivity contribution is -0.141. The number of rotatable bonds is 4.